The first-order valence-corrected chi connectivity index (χ1v) is 6.37. The molecule has 1 aliphatic heterocycles. The number of hydrogen-bond acceptors (Lipinski definition) is 6. The zero-order valence-electron chi connectivity index (χ0n) is 10.3. The minimum absolute atomic E-state index is 0.0666. The van der Waals surface area contributed by atoms with Crippen LogP contribution in [0.1, 0.15) is 0 Å². The van der Waals surface area contributed by atoms with E-state index < -0.39 is 4.92 Å². The summed E-state index contributed by atoms with van der Waals surface area (Å²) in [6.45, 7) is 3.55. The van der Waals surface area contributed by atoms with Gasteiger partial charge in [0.05, 0.1) is 16.6 Å². The summed E-state index contributed by atoms with van der Waals surface area (Å²) < 4.78 is 0. The van der Waals surface area contributed by atoms with Gasteiger partial charge in [0.15, 0.2) is 0 Å². The van der Waals surface area contributed by atoms with Crippen LogP contribution in [0.3, 0.4) is 0 Å². The highest BCUT2D eigenvalue weighted by Gasteiger charge is 2.25. The molecule has 1 fully saturated rings. The van der Waals surface area contributed by atoms with Gasteiger partial charge in [0.2, 0.25) is 5.82 Å². The van der Waals surface area contributed by atoms with Crippen LogP contribution in [0.25, 0.3) is 0 Å². The molecule has 8 heteroatoms. The highest BCUT2D eigenvalue weighted by atomic mass is 35.5. The van der Waals surface area contributed by atoms with Crippen molar-refractivity contribution in [3.63, 3.8) is 0 Å². The van der Waals surface area contributed by atoms with E-state index in [1.54, 1.807) is 0 Å². The van der Waals surface area contributed by atoms with Gasteiger partial charge in [0, 0.05) is 45.0 Å². The molecule has 1 aliphatic rings. The summed E-state index contributed by atoms with van der Waals surface area (Å²) in [7, 11) is 0. The minimum Gasteiger partial charge on any atom is -0.395 e. The standard InChI is InChI=1S/C11H15ClN4O3/c12-9-7-10(16(18)19)11(13-8-9)15-3-1-14(2-4-15)5-6-17/h7-8,17H,1-6H2. The lowest BCUT2D eigenvalue weighted by molar-refractivity contribution is -0.384. The van der Waals surface area contributed by atoms with Crippen LogP contribution in [-0.2, 0) is 0 Å². The van der Waals surface area contributed by atoms with E-state index in [-0.39, 0.29) is 17.3 Å². The van der Waals surface area contributed by atoms with Crippen LogP contribution in [0.4, 0.5) is 11.5 Å². The van der Waals surface area contributed by atoms with Gasteiger partial charge >= 0.3 is 5.69 Å². The van der Waals surface area contributed by atoms with Gasteiger partial charge < -0.3 is 10.0 Å². The predicted octanol–water partition coefficient (Wildman–Crippen LogP) is 0.757. The third-order valence-electron chi connectivity index (χ3n) is 3.10. The number of aliphatic hydroxyl groups is 1. The van der Waals surface area contributed by atoms with E-state index in [1.165, 1.54) is 12.3 Å². The van der Waals surface area contributed by atoms with E-state index >= 15 is 0 Å². The average Bonchev–Trinajstić information content (AvgIpc) is 2.40. The van der Waals surface area contributed by atoms with Crippen molar-refractivity contribution in [2.45, 2.75) is 0 Å². The highest BCUT2D eigenvalue weighted by molar-refractivity contribution is 6.30. The summed E-state index contributed by atoms with van der Waals surface area (Å²) in [6, 6.07) is 1.32. The summed E-state index contributed by atoms with van der Waals surface area (Å²) in [5.41, 5.74) is -0.0666. The number of anilines is 1. The number of pyridine rings is 1. The molecule has 0 aliphatic carbocycles. The summed E-state index contributed by atoms with van der Waals surface area (Å²) in [6.07, 6.45) is 1.42. The molecule has 19 heavy (non-hydrogen) atoms. The van der Waals surface area contributed by atoms with Crippen molar-refractivity contribution in [3.8, 4) is 0 Å². The molecule has 2 heterocycles. The Morgan fingerprint density at radius 1 is 1.42 bits per heavy atom. The third-order valence-corrected chi connectivity index (χ3v) is 3.31. The second-order valence-electron chi connectivity index (χ2n) is 4.31. The predicted molar refractivity (Wildman–Crippen MR) is 71.6 cm³/mol. The number of aliphatic hydroxyl groups excluding tert-OH is 1. The lowest BCUT2D eigenvalue weighted by Gasteiger charge is -2.34. The lowest BCUT2D eigenvalue weighted by atomic mass is 10.3. The monoisotopic (exact) mass is 286 g/mol. The minimum atomic E-state index is -0.464. The number of nitrogens with zero attached hydrogens (tertiary/aromatic N) is 4. The van der Waals surface area contributed by atoms with Crippen molar-refractivity contribution >= 4 is 23.1 Å². The maximum Gasteiger partial charge on any atom is 0.313 e. The topological polar surface area (TPSA) is 82.7 Å². The van der Waals surface area contributed by atoms with Crippen LogP contribution in [0, 0.1) is 10.1 Å². The van der Waals surface area contributed by atoms with Crippen molar-refractivity contribution in [3.05, 3.63) is 27.4 Å². The van der Waals surface area contributed by atoms with Crippen LogP contribution < -0.4 is 4.90 Å². The lowest BCUT2D eigenvalue weighted by Crippen LogP contribution is -2.47. The summed E-state index contributed by atoms with van der Waals surface area (Å²) >= 11 is 5.74. The third kappa shape index (κ3) is 3.31. The quantitative estimate of drug-likeness (QED) is 0.650. The molecular weight excluding hydrogens is 272 g/mol. The number of aromatic nitrogens is 1. The number of nitro groups is 1. The fourth-order valence-corrected chi connectivity index (χ4v) is 2.28. The first-order valence-electron chi connectivity index (χ1n) is 6.00. The molecule has 1 aromatic rings. The molecule has 1 saturated heterocycles. The molecule has 0 unspecified atom stereocenters. The van der Waals surface area contributed by atoms with Crippen molar-refractivity contribution < 1.29 is 10.0 Å². The molecular formula is C11H15ClN4O3. The maximum absolute atomic E-state index is 11.0. The fourth-order valence-electron chi connectivity index (χ4n) is 2.12. The van der Waals surface area contributed by atoms with Crippen molar-refractivity contribution in [2.75, 3.05) is 44.2 Å². The average molecular weight is 287 g/mol. The van der Waals surface area contributed by atoms with Crippen LogP contribution in [0.5, 0.6) is 0 Å². The van der Waals surface area contributed by atoms with Gasteiger partial charge in [0.25, 0.3) is 0 Å². The summed E-state index contributed by atoms with van der Waals surface area (Å²) in [4.78, 5) is 18.6. The Labute approximate surface area is 115 Å². The molecule has 0 bridgehead atoms. The van der Waals surface area contributed by atoms with Gasteiger partial charge in [-0.1, -0.05) is 11.6 Å². The Balaban J connectivity index is 2.13. The Hall–Kier alpha value is -1.44. The zero-order valence-corrected chi connectivity index (χ0v) is 11.1. The van der Waals surface area contributed by atoms with Gasteiger partial charge in [-0.05, 0) is 0 Å². The number of piperazine rings is 1. The van der Waals surface area contributed by atoms with Crippen LogP contribution >= 0.6 is 11.6 Å². The molecule has 104 valence electrons. The first kappa shape index (κ1) is 14.0. The van der Waals surface area contributed by atoms with E-state index in [9.17, 15) is 10.1 Å². The van der Waals surface area contributed by atoms with E-state index in [0.717, 1.165) is 13.1 Å². The highest BCUT2D eigenvalue weighted by Crippen LogP contribution is 2.28. The number of β-amino-alcohol motifs (C(OH)–C–C–N with tert-alkyl or cyclic N) is 1. The molecule has 0 atom stereocenters. The van der Waals surface area contributed by atoms with Gasteiger partial charge in [0.1, 0.15) is 0 Å². The Morgan fingerprint density at radius 2 is 2.11 bits per heavy atom. The summed E-state index contributed by atoms with van der Waals surface area (Å²) in [5.74, 6) is 0.359. The molecule has 0 spiro atoms. The van der Waals surface area contributed by atoms with Gasteiger partial charge in [-0.15, -0.1) is 0 Å². The Bertz CT molecular complexity index is 463. The number of hydrogen-bond donors (Lipinski definition) is 1. The second kappa shape index (κ2) is 6.14. The second-order valence-corrected chi connectivity index (χ2v) is 4.74. The molecule has 0 saturated carbocycles. The normalized spacial score (nSPS) is 16.6. The van der Waals surface area contributed by atoms with Crippen LogP contribution in [0.15, 0.2) is 12.3 Å². The molecule has 2 rings (SSSR count). The molecule has 0 aromatic carbocycles. The summed E-state index contributed by atoms with van der Waals surface area (Å²) in [5, 5.41) is 20.2. The molecule has 0 radical (unpaired) electrons. The van der Waals surface area contributed by atoms with E-state index in [1.807, 2.05) is 4.90 Å². The SMILES string of the molecule is O=[N+]([O-])c1cc(Cl)cnc1N1CCN(CCO)CC1. The fraction of sp³-hybridized carbons (Fsp3) is 0.545. The smallest absolute Gasteiger partial charge is 0.313 e. The maximum atomic E-state index is 11.0. The zero-order chi connectivity index (χ0) is 13.8. The largest absolute Gasteiger partial charge is 0.395 e. The molecule has 1 aromatic heterocycles. The van der Waals surface area contributed by atoms with Crippen LogP contribution in [-0.4, -0.2) is 59.2 Å². The molecule has 7 nitrogen and oxygen atoms in total. The van der Waals surface area contributed by atoms with E-state index in [2.05, 4.69) is 9.88 Å². The molecule has 0 amide bonds. The Kier molecular flexibility index (Phi) is 4.52. The Morgan fingerprint density at radius 3 is 2.68 bits per heavy atom. The number of rotatable bonds is 4. The number of halogens is 1. The van der Waals surface area contributed by atoms with Gasteiger partial charge in [-0.2, -0.15) is 0 Å². The molecule has 1 N–H and O–H groups in total. The van der Waals surface area contributed by atoms with Crippen molar-refractivity contribution in [2.24, 2.45) is 0 Å². The van der Waals surface area contributed by atoms with Crippen molar-refractivity contribution in [1.29, 1.82) is 0 Å². The van der Waals surface area contributed by atoms with Crippen LogP contribution in [0.2, 0.25) is 5.02 Å². The van der Waals surface area contributed by atoms with Gasteiger partial charge in [-0.25, -0.2) is 4.98 Å². The first-order chi connectivity index (χ1) is 9.11. The van der Waals surface area contributed by atoms with E-state index in [0.29, 0.717) is 25.5 Å². The van der Waals surface area contributed by atoms with Crippen molar-refractivity contribution in [1.82, 2.24) is 9.88 Å². The van der Waals surface area contributed by atoms with E-state index in [4.69, 9.17) is 16.7 Å². The van der Waals surface area contributed by atoms with Gasteiger partial charge in [-0.3, -0.25) is 15.0 Å².